The van der Waals surface area contributed by atoms with E-state index in [2.05, 4.69) is 0 Å². The number of hydrogen-bond acceptors (Lipinski definition) is 1. The van der Waals surface area contributed by atoms with Crippen molar-refractivity contribution in [2.75, 3.05) is 0 Å². The Balaban J connectivity index is 2.66. The number of carbonyl (C=O) groups excluding carboxylic acids is 1. The first-order valence-corrected chi connectivity index (χ1v) is 4.84. The Hall–Kier alpha value is -1.18. The third kappa shape index (κ3) is 2.95. The van der Waals surface area contributed by atoms with E-state index in [1.807, 2.05) is 13.8 Å². The first-order chi connectivity index (χ1) is 6.63. The molecule has 0 saturated heterocycles. The van der Waals surface area contributed by atoms with Crippen molar-refractivity contribution >= 4 is 6.29 Å². The van der Waals surface area contributed by atoms with Crippen molar-refractivity contribution in [2.45, 2.75) is 26.7 Å². The predicted molar refractivity (Wildman–Crippen MR) is 54.7 cm³/mol. The average molecular weight is 194 g/mol. The second-order valence-corrected chi connectivity index (χ2v) is 3.72. The Morgan fingerprint density at radius 2 is 2.21 bits per heavy atom. The summed E-state index contributed by atoms with van der Waals surface area (Å²) in [7, 11) is 0. The Labute approximate surface area is 83.9 Å². The molecule has 0 saturated carbocycles. The van der Waals surface area contributed by atoms with Gasteiger partial charge >= 0.3 is 0 Å². The van der Waals surface area contributed by atoms with Gasteiger partial charge in [-0.25, -0.2) is 4.39 Å². The lowest BCUT2D eigenvalue weighted by molar-refractivity contribution is -0.110. The summed E-state index contributed by atoms with van der Waals surface area (Å²) in [6.45, 7) is 3.84. The number of halogens is 1. The lowest BCUT2D eigenvalue weighted by Crippen LogP contribution is -1.99. The molecule has 0 bridgehead atoms. The minimum Gasteiger partial charge on any atom is -0.303 e. The van der Waals surface area contributed by atoms with Gasteiger partial charge in [0.05, 0.1) is 0 Å². The second-order valence-electron chi connectivity index (χ2n) is 3.72. The summed E-state index contributed by atoms with van der Waals surface area (Å²) >= 11 is 0. The predicted octanol–water partition coefficient (Wildman–Crippen LogP) is 2.90. The Morgan fingerprint density at radius 3 is 2.86 bits per heavy atom. The molecule has 0 aliphatic heterocycles. The fraction of sp³-hybridized carbons (Fsp3) is 0.417. The maximum absolute atomic E-state index is 12.9. The zero-order valence-corrected chi connectivity index (χ0v) is 8.59. The van der Waals surface area contributed by atoms with Gasteiger partial charge in [0.25, 0.3) is 0 Å². The Kier molecular flexibility index (Phi) is 3.81. The van der Waals surface area contributed by atoms with Gasteiger partial charge in [0.15, 0.2) is 0 Å². The third-order valence-corrected chi connectivity index (χ3v) is 2.41. The van der Waals surface area contributed by atoms with Crippen molar-refractivity contribution in [1.82, 2.24) is 0 Å². The van der Waals surface area contributed by atoms with Crippen molar-refractivity contribution in [1.29, 1.82) is 0 Å². The molecule has 0 aliphatic rings. The molecule has 1 rings (SSSR count). The molecule has 0 fully saturated rings. The van der Waals surface area contributed by atoms with Crippen molar-refractivity contribution < 1.29 is 9.18 Å². The normalized spacial score (nSPS) is 12.5. The molecule has 1 atom stereocenters. The maximum Gasteiger partial charge on any atom is 0.123 e. The molecule has 0 amide bonds. The lowest BCUT2D eigenvalue weighted by atomic mass is 9.99. The van der Waals surface area contributed by atoms with Crippen LogP contribution in [-0.4, -0.2) is 6.29 Å². The molecule has 0 aromatic heterocycles. The van der Waals surface area contributed by atoms with Gasteiger partial charge in [-0.2, -0.15) is 0 Å². The van der Waals surface area contributed by atoms with Crippen LogP contribution < -0.4 is 0 Å². The Bertz CT molecular complexity index is 320. The molecule has 76 valence electrons. The molecule has 0 spiro atoms. The van der Waals surface area contributed by atoms with Gasteiger partial charge in [-0.05, 0) is 43.0 Å². The van der Waals surface area contributed by atoms with Gasteiger partial charge in [0.2, 0.25) is 0 Å². The number of carbonyl (C=O) groups is 1. The van der Waals surface area contributed by atoms with E-state index in [1.54, 1.807) is 12.1 Å². The fourth-order valence-electron chi connectivity index (χ4n) is 1.36. The highest BCUT2D eigenvalue weighted by Gasteiger charge is 2.04. The zero-order chi connectivity index (χ0) is 10.6. The van der Waals surface area contributed by atoms with Gasteiger partial charge in [0, 0.05) is 5.92 Å². The van der Waals surface area contributed by atoms with Gasteiger partial charge in [-0.1, -0.05) is 13.0 Å². The van der Waals surface area contributed by atoms with Crippen LogP contribution in [0.2, 0.25) is 0 Å². The highest BCUT2D eigenvalue weighted by Crippen LogP contribution is 2.14. The summed E-state index contributed by atoms with van der Waals surface area (Å²) in [5, 5.41) is 0. The van der Waals surface area contributed by atoms with Gasteiger partial charge in [-0.15, -0.1) is 0 Å². The molecule has 1 aromatic rings. The first-order valence-electron chi connectivity index (χ1n) is 4.84. The van der Waals surface area contributed by atoms with Crippen LogP contribution in [0.15, 0.2) is 18.2 Å². The van der Waals surface area contributed by atoms with Gasteiger partial charge < -0.3 is 4.79 Å². The van der Waals surface area contributed by atoms with Crippen LogP contribution >= 0.6 is 0 Å². The number of aldehydes is 1. The molecule has 2 heteroatoms. The van der Waals surface area contributed by atoms with Crippen LogP contribution in [-0.2, 0) is 11.2 Å². The average Bonchev–Trinajstić information content (AvgIpc) is 2.19. The van der Waals surface area contributed by atoms with Gasteiger partial charge in [-0.3, -0.25) is 0 Å². The van der Waals surface area contributed by atoms with E-state index < -0.39 is 0 Å². The fourth-order valence-corrected chi connectivity index (χ4v) is 1.36. The standard InChI is InChI=1S/C12H15FO/c1-9(8-14)3-5-11-7-12(13)6-4-10(11)2/h4,6-9H,3,5H2,1-2H3. The molecule has 0 heterocycles. The second kappa shape index (κ2) is 4.89. The smallest absolute Gasteiger partial charge is 0.123 e. The highest BCUT2D eigenvalue weighted by atomic mass is 19.1. The van der Waals surface area contributed by atoms with Crippen molar-refractivity contribution in [3.8, 4) is 0 Å². The lowest BCUT2D eigenvalue weighted by Gasteiger charge is -2.07. The molecular formula is C12H15FO. The zero-order valence-electron chi connectivity index (χ0n) is 8.59. The summed E-state index contributed by atoms with van der Waals surface area (Å²) in [4.78, 5) is 10.4. The minimum atomic E-state index is -0.204. The summed E-state index contributed by atoms with van der Waals surface area (Å²) < 4.78 is 12.9. The SMILES string of the molecule is Cc1ccc(F)cc1CCC(C)C=O. The summed E-state index contributed by atoms with van der Waals surface area (Å²) in [6.07, 6.45) is 2.49. The van der Waals surface area contributed by atoms with Gasteiger partial charge in [0.1, 0.15) is 12.1 Å². The number of aryl methyl sites for hydroxylation is 2. The quantitative estimate of drug-likeness (QED) is 0.673. The number of rotatable bonds is 4. The van der Waals surface area contributed by atoms with Crippen molar-refractivity contribution in [3.63, 3.8) is 0 Å². The number of benzene rings is 1. The van der Waals surface area contributed by atoms with E-state index in [9.17, 15) is 9.18 Å². The maximum atomic E-state index is 12.9. The molecule has 1 nitrogen and oxygen atoms in total. The van der Waals surface area contributed by atoms with Crippen LogP contribution in [0, 0.1) is 18.7 Å². The van der Waals surface area contributed by atoms with Crippen LogP contribution in [0.1, 0.15) is 24.5 Å². The molecule has 0 radical (unpaired) electrons. The molecular weight excluding hydrogens is 179 g/mol. The van der Waals surface area contributed by atoms with E-state index >= 15 is 0 Å². The van der Waals surface area contributed by atoms with E-state index in [0.29, 0.717) is 0 Å². The molecule has 0 aliphatic carbocycles. The minimum absolute atomic E-state index is 0.0534. The van der Waals surface area contributed by atoms with Crippen LogP contribution in [0.3, 0.4) is 0 Å². The van der Waals surface area contributed by atoms with Crippen molar-refractivity contribution in [2.24, 2.45) is 5.92 Å². The number of hydrogen-bond donors (Lipinski definition) is 0. The summed E-state index contributed by atoms with van der Waals surface area (Å²) in [6, 6.07) is 4.78. The molecule has 1 unspecified atom stereocenters. The van der Waals surface area contributed by atoms with E-state index in [0.717, 1.165) is 30.3 Å². The van der Waals surface area contributed by atoms with E-state index in [-0.39, 0.29) is 11.7 Å². The molecule has 14 heavy (non-hydrogen) atoms. The third-order valence-electron chi connectivity index (χ3n) is 2.41. The highest BCUT2D eigenvalue weighted by molar-refractivity contribution is 5.52. The first kappa shape index (κ1) is 10.9. The van der Waals surface area contributed by atoms with Crippen LogP contribution in [0.4, 0.5) is 4.39 Å². The topological polar surface area (TPSA) is 17.1 Å². The van der Waals surface area contributed by atoms with E-state index in [1.165, 1.54) is 6.07 Å². The Morgan fingerprint density at radius 1 is 1.50 bits per heavy atom. The summed E-state index contributed by atoms with van der Waals surface area (Å²) in [5.74, 6) is -0.151. The molecule has 0 N–H and O–H groups in total. The van der Waals surface area contributed by atoms with E-state index in [4.69, 9.17) is 0 Å². The van der Waals surface area contributed by atoms with Crippen LogP contribution in [0.5, 0.6) is 0 Å². The van der Waals surface area contributed by atoms with Crippen LogP contribution in [0.25, 0.3) is 0 Å². The summed E-state index contributed by atoms with van der Waals surface area (Å²) in [5.41, 5.74) is 2.09. The largest absolute Gasteiger partial charge is 0.303 e. The van der Waals surface area contributed by atoms with Crippen molar-refractivity contribution in [3.05, 3.63) is 35.1 Å². The molecule has 1 aromatic carbocycles. The monoisotopic (exact) mass is 194 g/mol.